The van der Waals surface area contributed by atoms with Crippen LogP contribution in [-0.2, 0) is 0 Å². The minimum Gasteiger partial charge on any atom is -0.497 e. The third-order valence-corrected chi connectivity index (χ3v) is 6.01. The largest absolute Gasteiger partial charge is 0.497 e. The van der Waals surface area contributed by atoms with Crippen LogP contribution in [0, 0.1) is 5.82 Å². The molecule has 0 radical (unpaired) electrons. The summed E-state index contributed by atoms with van der Waals surface area (Å²) in [5, 5.41) is 7.73. The summed E-state index contributed by atoms with van der Waals surface area (Å²) in [6.07, 6.45) is 0. The molecule has 1 aromatic heterocycles. The zero-order valence-electron chi connectivity index (χ0n) is 18.8. The van der Waals surface area contributed by atoms with Gasteiger partial charge in [0.25, 0.3) is 5.89 Å². The molecule has 1 N–H and O–H groups in total. The number of aromatic nitrogens is 2. The average Bonchev–Trinajstić information content (AvgIpc) is 3.34. The molecule has 1 unspecified atom stereocenters. The summed E-state index contributed by atoms with van der Waals surface area (Å²) < 4.78 is 24.9. The lowest BCUT2D eigenvalue weighted by molar-refractivity contribution is 0.244. The molecule has 0 aliphatic carbocycles. The molecule has 2 heterocycles. The summed E-state index contributed by atoms with van der Waals surface area (Å²) in [6.45, 7) is 1.77. The highest BCUT2D eigenvalue weighted by atomic mass is 35.5. The molecular weight excluding hydrogens is 471 g/mol. The Morgan fingerprint density at radius 2 is 1.83 bits per heavy atom. The zero-order valence-corrected chi connectivity index (χ0v) is 19.6. The first-order valence-electron chi connectivity index (χ1n) is 10.8. The number of halogens is 2. The molecule has 0 fully saturated rings. The van der Waals surface area contributed by atoms with E-state index in [1.165, 1.54) is 17.0 Å². The van der Waals surface area contributed by atoms with Gasteiger partial charge in [0.05, 0.1) is 24.4 Å². The van der Waals surface area contributed by atoms with Gasteiger partial charge < -0.3 is 14.6 Å². The van der Waals surface area contributed by atoms with Crippen molar-refractivity contribution in [3.63, 3.8) is 0 Å². The number of benzene rings is 3. The predicted octanol–water partition coefficient (Wildman–Crippen LogP) is 6.24. The maximum absolute atomic E-state index is 14.0. The molecule has 35 heavy (non-hydrogen) atoms. The Morgan fingerprint density at radius 1 is 1.09 bits per heavy atom. The van der Waals surface area contributed by atoms with Gasteiger partial charge in [-0.2, -0.15) is 4.98 Å². The highest BCUT2D eigenvalue weighted by Crippen LogP contribution is 2.39. The van der Waals surface area contributed by atoms with Crippen molar-refractivity contribution in [3.8, 4) is 17.1 Å². The minimum absolute atomic E-state index is 0.231. The third kappa shape index (κ3) is 4.36. The van der Waals surface area contributed by atoms with Crippen LogP contribution >= 0.6 is 11.6 Å². The molecule has 2 amide bonds. The Hall–Kier alpha value is -4.17. The summed E-state index contributed by atoms with van der Waals surface area (Å²) in [5.74, 6) is 0.835. The number of allylic oxidation sites excluding steroid dienone is 1. The molecule has 176 valence electrons. The van der Waals surface area contributed by atoms with Crippen LogP contribution in [0.1, 0.15) is 24.4 Å². The van der Waals surface area contributed by atoms with Gasteiger partial charge in [-0.15, -0.1) is 0 Å². The molecule has 0 spiro atoms. The fourth-order valence-corrected chi connectivity index (χ4v) is 4.17. The molecule has 1 aliphatic rings. The number of hydrogen-bond donors (Lipinski definition) is 1. The highest BCUT2D eigenvalue weighted by molar-refractivity contribution is 6.30. The normalized spacial score (nSPS) is 15.8. The van der Waals surface area contributed by atoms with Crippen LogP contribution in [0.25, 0.3) is 17.0 Å². The van der Waals surface area contributed by atoms with E-state index in [4.69, 9.17) is 20.9 Å². The van der Waals surface area contributed by atoms with E-state index in [1.807, 2.05) is 12.1 Å². The minimum atomic E-state index is -0.586. The summed E-state index contributed by atoms with van der Waals surface area (Å²) >= 11 is 6.00. The van der Waals surface area contributed by atoms with E-state index < -0.39 is 17.9 Å². The Labute approximate surface area is 205 Å². The number of rotatable bonds is 5. The molecule has 7 nitrogen and oxygen atoms in total. The first kappa shape index (κ1) is 22.6. The number of methoxy groups -OCH3 is 1. The number of nitrogens with one attached hydrogen (secondary N) is 1. The molecular formula is C26H20ClFN4O3. The van der Waals surface area contributed by atoms with Crippen LogP contribution in [0.15, 0.2) is 83.0 Å². The molecule has 0 bridgehead atoms. The first-order chi connectivity index (χ1) is 16.9. The maximum Gasteiger partial charge on any atom is 0.327 e. The highest BCUT2D eigenvalue weighted by Gasteiger charge is 2.36. The zero-order chi connectivity index (χ0) is 24.5. The second-order valence-electron chi connectivity index (χ2n) is 7.90. The second-order valence-corrected chi connectivity index (χ2v) is 8.34. The lowest BCUT2D eigenvalue weighted by Crippen LogP contribution is -2.46. The van der Waals surface area contributed by atoms with Crippen LogP contribution in [0.3, 0.4) is 0 Å². The number of carbonyl (C=O) groups excluding carboxylic acids is 1. The quantitative estimate of drug-likeness (QED) is 0.358. The summed E-state index contributed by atoms with van der Waals surface area (Å²) in [5.41, 5.74) is 3.02. The van der Waals surface area contributed by atoms with Crippen LogP contribution in [0.5, 0.6) is 5.75 Å². The Bertz CT molecular complexity index is 1420. The lowest BCUT2D eigenvalue weighted by atomic mass is 9.94. The molecule has 9 heteroatoms. The summed E-state index contributed by atoms with van der Waals surface area (Å²) in [7, 11) is 1.58. The van der Waals surface area contributed by atoms with Gasteiger partial charge in [-0.3, -0.25) is 4.90 Å². The van der Waals surface area contributed by atoms with Crippen molar-refractivity contribution >= 4 is 28.9 Å². The van der Waals surface area contributed by atoms with E-state index >= 15 is 0 Å². The van der Waals surface area contributed by atoms with Gasteiger partial charge in [0.2, 0.25) is 5.82 Å². The first-order valence-corrected chi connectivity index (χ1v) is 11.1. The van der Waals surface area contributed by atoms with Crippen LogP contribution in [-0.4, -0.2) is 23.3 Å². The SMILES string of the molecule is COc1ccc(C2NC(=O)N(c3cccc(F)c3)C(C)=C2c2nc(-c3ccc(Cl)cc3)no2)cc1. The van der Waals surface area contributed by atoms with Crippen molar-refractivity contribution in [1.29, 1.82) is 0 Å². The van der Waals surface area contributed by atoms with Crippen molar-refractivity contribution in [3.05, 3.63) is 101 Å². The molecule has 5 rings (SSSR count). The van der Waals surface area contributed by atoms with E-state index in [0.29, 0.717) is 33.6 Å². The van der Waals surface area contributed by atoms with Gasteiger partial charge in [-0.25, -0.2) is 9.18 Å². The number of ether oxygens (including phenoxy) is 1. The van der Waals surface area contributed by atoms with Crippen molar-refractivity contribution in [2.24, 2.45) is 0 Å². The molecule has 0 saturated carbocycles. The predicted molar refractivity (Wildman–Crippen MR) is 130 cm³/mol. The maximum atomic E-state index is 14.0. The lowest BCUT2D eigenvalue weighted by Gasteiger charge is -2.35. The smallest absolute Gasteiger partial charge is 0.327 e. The molecule has 0 saturated heterocycles. The standard InChI is InChI=1S/C26H20ClFN4O3/c1-15-22(25-30-24(31-35-25)17-6-10-18(27)11-7-17)23(16-8-12-21(34-2)13-9-16)29-26(33)32(15)20-5-3-4-19(28)14-20/h3-14,23H,1-2H3,(H,29,33). The summed E-state index contributed by atoms with van der Waals surface area (Å²) in [4.78, 5) is 19.2. The second kappa shape index (κ2) is 9.23. The number of carbonyl (C=O) groups is 1. The average molecular weight is 491 g/mol. The van der Waals surface area contributed by atoms with Gasteiger partial charge in [0.1, 0.15) is 11.6 Å². The molecule has 4 aromatic rings. The van der Waals surface area contributed by atoms with Crippen molar-refractivity contribution in [1.82, 2.24) is 15.5 Å². The van der Waals surface area contributed by atoms with Gasteiger partial charge in [0.15, 0.2) is 0 Å². The molecule has 1 atom stereocenters. The third-order valence-electron chi connectivity index (χ3n) is 5.76. The number of urea groups is 1. The molecule has 3 aromatic carbocycles. The topological polar surface area (TPSA) is 80.5 Å². The molecule has 1 aliphatic heterocycles. The number of hydrogen-bond acceptors (Lipinski definition) is 5. The van der Waals surface area contributed by atoms with Crippen LogP contribution in [0.4, 0.5) is 14.9 Å². The van der Waals surface area contributed by atoms with Gasteiger partial charge in [-0.05, 0) is 67.1 Å². The summed E-state index contributed by atoms with van der Waals surface area (Å²) in [6, 6.07) is 19.2. The van der Waals surface area contributed by atoms with Gasteiger partial charge in [0, 0.05) is 16.3 Å². The van der Waals surface area contributed by atoms with E-state index in [9.17, 15) is 9.18 Å². The van der Waals surface area contributed by atoms with E-state index in [2.05, 4.69) is 15.5 Å². The van der Waals surface area contributed by atoms with E-state index in [1.54, 1.807) is 62.6 Å². The Morgan fingerprint density at radius 3 is 2.51 bits per heavy atom. The Kier molecular flexibility index (Phi) is 5.96. The van der Waals surface area contributed by atoms with Crippen molar-refractivity contribution in [2.45, 2.75) is 13.0 Å². The Balaban J connectivity index is 1.64. The fourth-order valence-electron chi connectivity index (χ4n) is 4.04. The van der Waals surface area contributed by atoms with Crippen LogP contribution < -0.4 is 15.0 Å². The van der Waals surface area contributed by atoms with E-state index in [-0.39, 0.29) is 5.89 Å². The van der Waals surface area contributed by atoms with Crippen molar-refractivity contribution < 1.29 is 18.4 Å². The number of anilines is 1. The monoisotopic (exact) mass is 490 g/mol. The van der Waals surface area contributed by atoms with Crippen molar-refractivity contribution in [2.75, 3.05) is 12.0 Å². The van der Waals surface area contributed by atoms with E-state index in [0.717, 1.165) is 11.1 Å². The number of amides is 2. The fraction of sp³-hybridized carbons (Fsp3) is 0.115. The number of nitrogens with zero attached hydrogens (tertiary/aromatic N) is 3. The van der Waals surface area contributed by atoms with Gasteiger partial charge in [-0.1, -0.05) is 35.0 Å². The van der Waals surface area contributed by atoms with Gasteiger partial charge >= 0.3 is 6.03 Å². The van der Waals surface area contributed by atoms with Crippen LogP contribution in [0.2, 0.25) is 5.02 Å².